The van der Waals surface area contributed by atoms with Gasteiger partial charge in [0.2, 0.25) is 11.9 Å². The lowest BCUT2D eigenvalue weighted by Crippen LogP contribution is -2.12. The second-order valence-electron chi connectivity index (χ2n) is 7.67. The molecule has 0 bridgehead atoms. The van der Waals surface area contributed by atoms with E-state index in [4.69, 9.17) is 15.0 Å². The van der Waals surface area contributed by atoms with Gasteiger partial charge in [-0.3, -0.25) is 5.32 Å². The zero-order valence-electron chi connectivity index (χ0n) is 16.7. The maximum Gasteiger partial charge on any atom is 0.230 e. The van der Waals surface area contributed by atoms with E-state index in [1.165, 1.54) is 24.0 Å². The smallest absolute Gasteiger partial charge is 0.230 e. The number of aromatic nitrogens is 4. The third-order valence-electron chi connectivity index (χ3n) is 5.50. The van der Waals surface area contributed by atoms with Gasteiger partial charge in [-0.25, -0.2) is 19.9 Å². The average Bonchev–Trinajstić information content (AvgIpc) is 2.73. The predicted octanol–water partition coefficient (Wildman–Crippen LogP) is 5.33. The van der Waals surface area contributed by atoms with Crippen molar-refractivity contribution in [1.82, 2.24) is 19.9 Å². The van der Waals surface area contributed by atoms with E-state index in [1.807, 2.05) is 13.0 Å². The van der Waals surface area contributed by atoms with Crippen LogP contribution >= 0.6 is 0 Å². The highest BCUT2D eigenvalue weighted by Gasteiger charge is 2.19. The summed E-state index contributed by atoms with van der Waals surface area (Å²) in [6, 6.07) is 16.6. The van der Waals surface area contributed by atoms with E-state index in [2.05, 4.69) is 59.7 Å². The van der Waals surface area contributed by atoms with Crippen molar-refractivity contribution < 1.29 is 0 Å². The Balaban J connectivity index is 1.59. The molecule has 1 aliphatic carbocycles. The summed E-state index contributed by atoms with van der Waals surface area (Å²) < 4.78 is 0. The molecular weight excluding hydrogens is 358 g/mol. The fraction of sp³-hybridized carbons (Fsp3) is 0.250. The van der Waals surface area contributed by atoms with E-state index >= 15 is 0 Å². The average molecular weight is 381 g/mol. The zero-order chi connectivity index (χ0) is 19.8. The molecule has 5 rings (SSSR count). The van der Waals surface area contributed by atoms with Crippen molar-refractivity contribution in [2.24, 2.45) is 0 Å². The molecule has 2 aromatic carbocycles. The van der Waals surface area contributed by atoms with Crippen molar-refractivity contribution in [2.45, 2.75) is 39.5 Å². The largest absolute Gasteiger partial charge is 0.293 e. The van der Waals surface area contributed by atoms with Crippen LogP contribution in [0.15, 0.2) is 48.5 Å². The van der Waals surface area contributed by atoms with Crippen LogP contribution in [0.4, 0.5) is 11.9 Å². The van der Waals surface area contributed by atoms with Crippen molar-refractivity contribution in [3.63, 3.8) is 0 Å². The molecule has 0 radical (unpaired) electrons. The number of anilines is 2. The quantitative estimate of drug-likeness (QED) is 0.520. The first-order valence-corrected chi connectivity index (χ1v) is 10.1. The molecule has 1 N–H and O–H groups in total. The third kappa shape index (κ3) is 3.44. The fourth-order valence-electron chi connectivity index (χ4n) is 4.04. The number of aryl methyl sites for hydroxylation is 3. The minimum absolute atomic E-state index is 0.537. The van der Waals surface area contributed by atoms with Crippen LogP contribution in [0.25, 0.3) is 22.2 Å². The lowest BCUT2D eigenvalue weighted by atomic mass is 9.92. The van der Waals surface area contributed by atoms with E-state index in [9.17, 15) is 0 Å². The van der Waals surface area contributed by atoms with E-state index in [0.717, 1.165) is 46.4 Å². The van der Waals surface area contributed by atoms with Gasteiger partial charge in [0.1, 0.15) is 0 Å². The Morgan fingerprint density at radius 1 is 0.793 bits per heavy atom. The topological polar surface area (TPSA) is 63.6 Å². The normalized spacial score (nSPS) is 13.3. The van der Waals surface area contributed by atoms with Gasteiger partial charge in [-0.1, -0.05) is 42.5 Å². The molecule has 0 fully saturated rings. The van der Waals surface area contributed by atoms with Crippen LogP contribution in [-0.2, 0) is 12.8 Å². The van der Waals surface area contributed by atoms with E-state index in [0.29, 0.717) is 11.9 Å². The first kappa shape index (κ1) is 17.7. The number of benzene rings is 2. The Labute approximate surface area is 170 Å². The lowest BCUT2D eigenvalue weighted by molar-refractivity contribution is 0.665. The number of nitrogens with zero attached hydrogens (tertiary/aromatic N) is 4. The first-order valence-electron chi connectivity index (χ1n) is 10.1. The molecular formula is C24H23N5. The lowest BCUT2D eigenvalue weighted by Gasteiger charge is -2.19. The molecule has 4 aromatic rings. The van der Waals surface area contributed by atoms with Gasteiger partial charge in [0, 0.05) is 22.2 Å². The Kier molecular flexibility index (Phi) is 4.43. The van der Waals surface area contributed by atoms with Gasteiger partial charge in [-0.15, -0.1) is 0 Å². The molecule has 0 atom stereocenters. The van der Waals surface area contributed by atoms with Crippen molar-refractivity contribution in [3.8, 4) is 11.3 Å². The monoisotopic (exact) mass is 381 g/mol. The van der Waals surface area contributed by atoms with Crippen molar-refractivity contribution in [2.75, 3.05) is 5.32 Å². The highest BCUT2D eigenvalue weighted by atomic mass is 15.2. The first-order chi connectivity index (χ1) is 14.2. The summed E-state index contributed by atoms with van der Waals surface area (Å²) in [5, 5.41) is 4.34. The van der Waals surface area contributed by atoms with Crippen LogP contribution in [0.2, 0.25) is 0 Å². The maximum atomic E-state index is 4.88. The molecule has 2 aromatic heterocycles. The maximum absolute atomic E-state index is 4.88. The van der Waals surface area contributed by atoms with Crippen LogP contribution in [0.1, 0.15) is 35.4 Å². The minimum Gasteiger partial charge on any atom is -0.293 e. The molecule has 144 valence electrons. The van der Waals surface area contributed by atoms with Crippen LogP contribution in [0.3, 0.4) is 0 Å². The summed E-state index contributed by atoms with van der Waals surface area (Å²) in [5.41, 5.74) is 7.62. The molecule has 0 spiro atoms. The van der Waals surface area contributed by atoms with Crippen LogP contribution in [0, 0.1) is 13.8 Å². The Morgan fingerprint density at radius 2 is 1.59 bits per heavy atom. The molecule has 5 nitrogen and oxygen atoms in total. The molecule has 29 heavy (non-hydrogen) atoms. The minimum atomic E-state index is 0.537. The van der Waals surface area contributed by atoms with Gasteiger partial charge in [-0.2, -0.15) is 0 Å². The zero-order valence-corrected chi connectivity index (χ0v) is 16.7. The van der Waals surface area contributed by atoms with Gasteiger partial charge in [0.05, 0.1) is 16.9 Å². The van der Waals surface area contributed by atoms with Crippen molar-refractivity contribution in [1.29, 1.82) is 0 Å². The van der Waals surface area contributed by atoms with E-state index in [1.54, 1.807) is 0 Å². The van der Waals surface area contributed by atoms with Gasteiger partial charge in [-0.05, 0) is 51.2 Å². The summed E-state index contributed by atoms with van der Waals surface area (Å²) in [5.74, 6) is 1.10. The van der Waals surface area contributed by atoms with E-state index < -0.39 is 0 Å². The molecule has 2 heterocycles. The van der Waals surface area contributed by atoms with Crippen molar-refractivity contribution in [3.05, 3.63) is 71.0 Å². The molecule has 1 aliphatic rings. The molecule has 0 amide bonds. The van der Waals surface area contributed by atoms with Gasteiger partial charge >= 0.3 is 0 Å². The molecule has 0 saturated carbocycles. The predicted molar refractivity (Wildman–Crippen MR) is 116 cm³/mol. The Hall–Kier alpha value is -3.34. The highest BCUT2D eigenvalue weighted by molar-refractivity contribution is 5.82. The Morgan fingerprint density at radius 3 is 2.45 bits per heavy atom. The van der Waals surface area contributed by atoms with Crippen molar-refractivity contribution >= 4 is 22.8 Å². The van der Waals surface area contributed by atoms with Gasteiger partial charge in [0.15, 0.2) is 0 Å². The Bertz CT molecular complexity index is 1200. The highest BCUT2D eigenvalue weighted by Crippen LogP contribution is 2.31. The number of hydrogen-bond acceptors (Lipinski definition) is 5. The van der Waals surface area contributed by atoms with E-state index in [-0.39, 0.29) is 0 Å². The summed E-state index contributed by atoms with van der Waals surface area (Å²) in [7, 11) is 0. The summed E-state index contributed by atoms with van der Waals surface area (Å²) in [6.45, 7) is 4.08. The summed E-state index contributed by atoms with van der Waals surface area (Å²) in [6.07, 6.45) is 4.38. The number of nitrogens with one attached hydrogen (secondary N) is 1. The molecule has 0 saturated heterocycles. The number of rotatable bonds is 3. The number of hydrogen-bond donors (Lipinski definition) is 1. The van der Waals surface area contributed by atoms with Crippen LogP contribution in [-0.4, -0.2) is 19.9 Å². The molecule has 0 aliphatic heterocycles. The van der Waals surface area contributed by atoms with Gasteiger partial charge in [0.25, 0.3) is 0 Å². The van der Waals surface area contributed by atoms with Gasteiger partial charge < -0.3 is 0 Å². The standard InChI is InChI=1S/C24H23N5/c1-15-12-13-18-16(2)25-23(27-21(18)14-15)29-24-26-20-11-7-6-10-19(20)22(28-24)17-8-4-3-5-9-17/h3-5,8-9,12-14H,6-7,10-11H2,1-2H3,(H,25,26,27,28,29). The summed E-state index contributed by atoms with van der Waals surface area (Å²) in [4.78, 5) is 19.0. The van der Waals surface area contributed by atoms with Crippen LogP contribution < -0.4 is 5.32 Å². The SMILES string of the molecule is Cc1ccc2c(C)nc(Nc3nc4c(c(-c5ccccc5)n3)CCCC4)nc2c1. The summed E-state index contributed by atoms with van der Waals surface area (Å²) >= 11 is 0. The fourth-order valence-corrected chi connectivity index (χ4v) is 4.04. The number of fused-ring (bicyclic) bond motifs is 2. The second-order valence-corrected chi connectivity index (χ2v) is 7.67. The third-order valence-corrected chi connectivity index (χ3v) is 5.50. The van der Waals surface area contributed by atoms with Crippen LogP contribution in [0.5, 0.6) is 0 Å². The molecule has 5 heteroatoms. The molecule has 0 unspecified atom stereocenters. The second kappa shape index (κ2) is 7.24.